The van der Waals surface area contributed by atoms with E-state index in [-0.39, 0.29) is 24.6 Å². The number of hydrogen-bond acceptors (Lipinski definition) is 11. The third-order valence-corrected chi connectivity index (χ3v) is 12.2. The van der Waals surface area contributed by atoms with Crippen LogP contribution in [0.15, 0.2) is 61.1 Å². The fourth-order valence-corrected chi connectivity index (χ4v) is 8.80. The zero-order valence-corrected chi connectivity index (χ0v) is 35.6. The summed E-state index contributed by atoms with van der Waals surface area (Å²) in [6.45, 7) is 14.5. The highest BCUT2D eigenvalue weighted by Gasteiger charge is 2.34. The molecule has 3 fully saturated rings. The number of amides is 4. The third-order valence-electron chi connectivity index (χ3n) is 12.2. The van der Waals surface area contributed by atoms with Gasteiger partial charge >= 0.3 is 12.1 Å². The number of likely N-dealkylation sites (tertiary alicyclic amines) is 1. The van der Waals surface area contributed by atoms with Gasteiger partial charge in [0.05, 0.1) is 43.8 Å². The Kier molecular flexibility index (Phi) is 12.0. The van der Waals surface area contributed by atoms with Crippen molar-refractivity contribution in [3.8, 4) is 5.75 Å². The van der Waals surface area contributed by atoms with Gasteiger partial charge < -0.3 is 29.5 Å². The van der Waals surface area contributed by atoms with Gasteiger partial charge in [0.2, 0.25) is 11.9 Å². The van der Waals surface area contributed by atoms with Crippen LogP contribution in [0.5, 0.6) is 5.75 Å². The molecule has 0 atom stereocenters. The summed E-state index contributed by atoms with van der Waals surface area (Å²) in [4.78, 5) is 58.3. The van der Waals surface area contributed by atoms with Crippen molar-refractivity contribution in [1.29, 1.82) is 0 Å². The summed E-state index contributed by atoms with van der Waals surface area (Å²) in [5, 5.41) is 8.03. The van der Waals surface area contributed by atoms with Crippen LogP contribution in [-0.4, -0.2) is 111 Å². The van der Waals surface area contributed by atoms with Gasteiger partial charge in [-0.2, -0.15) is 5.10 Å². The van der Waals surface area contributed by atoms with E-state index in [1.807, 2.05) is 69.7 Å². The summed E-state index contributed by atoms with van der Waals surface area (Å²) in [6, 6.07) is 13.9. The smallest absolute Gasteiger partial charge is 0.410 e. The summed E-state index contributed by atoms with van der Waals surface area (Å²) in [5.74, 6) is 1.74. The van der Waals surface area contributed by atoms with Crippen molar-refractivity contribution in [2.24, 2.45) is 5.92 Å². The molecule has 2 aromatic carbocycles. The van der Waals surface area contributed by atoms with E-state index < -0.39 is 5.60 Å². The normalized spacial score (nSPS) is 18.5. The lowest BCUT2D eigenvalue weighted by Crippen LogP contribution is -2.52. The molecule has 318 valence electrons. The van der Waals surface area contributed by atoms with E-state index >= 15 is 0 Å². The molecule has 0 radical (unpaired) electrons. The monoisotopic (exact) mass is 818 g/mol. The second-order valence-electron chi connectivity index (χ2n) is 17.6. The van der Waals surface area contributed by atoms with E-state index in [9.17, 15) is 14.4 Å². The number of aryl methyl sites for hydroxylation is 1. The van der Waals surface area contributed by atoms with Crippen LogP contribution in [0.1, 0.15) is 81.3 Å². The Hall–Kier alpha value is -5.70. The molecule has 4 aliphatic heterocycles. The van der Waals surface area contributed by atoms with Gasteiger partial charge in [-0.3, -0.25) is 19.3 Å². The van der Waals surface area contributed by atoms with E-state index in [0.29, 0.717) is 50.4 Å². The molecule has 60 heavy (non-hydrogen) atoms. The molecule has 15 heteroatoms. The molecule has 2 aromatic heterocycles. The SMILES string of the molecule is COc1ccc(CN2C(=O)CCN(c3ccc(N4CCC(CN5CCC(n6cc(Nc7ncc8c(n7)CN(C(=O)OC(C)(C)C)CC8)cn6)CC5)CC4)cc3C)C2=O)cc1. The maximum atomic E-state index is 13.6. The van der Waals surface area contributed by atoms with Gasteiger partial charge in [-0.15, -0.1) is 0 Å². The molecule has 6 heterocycles. The first-order valence-corrected chi connectivity index (χ1v) is 21.4. The molecule has 0 spiro atoms. The number of ether oxygens (including phenoxy) is 2. The molecule has 3 saturated heterocycles. The van der Waals surface area contributed by atoms with E-state index in [1.54, 1.807) is 16.9 Å². The lowest BCUT2D eigenvalue weighted by molar-refractivity contribution is -0.129. The van der Waals surface area contributed by atoms with Crippen molar-refractivity contribution in [2.45, 2.75) is 91.0 Å². The number of piperidine rings is 2. The minimum absolute atomic E-state index is 0.149. The first kappa shape index (κ1) is 41.1. The molecule has 0 aliphatic carbocycles. The first-order valence-electron chi connectivity index (χ1n) is 21.4. The van der Waals surface area contributed by atoms with Gasteiger partial charge in [-0.25, -0.2) is 19.6 Å². The Morgan fingerprint density at radius 3 is 2.40 bits per heavy atom. The fraction of sp³-hybridized carbons (Fsp3) is 0.511. The second-order valence-corrected chi connectivity index (χ2v) is 17.6. The topological polar surface area (TPSA) is 142 Å². The predicted molar refractivity (Wildman–Crippen MR) is 230 cm³/mol. The van der Waals surface area contributed by atoms with Gasteiger partial charge in [0.15, 0.2) is 0 Å². The summed E-state index contributed by atoms with van der Waals surface area (Å²) in [5.41, 5.74) is 6.14. The number of anilines is 4. The van der Waals surface area contributed by atoms with Crippen LogP contribution in [0.4, 0.5) is 32.6 Å². The number of rotatable bonds is 10. The number of nitrogens with one attached hydrogen (secondary N) is 1. The van der Waals surface area contributed by atoms with Crippen LogP contribution in [0.3, 0.4) is 0 Å². The lowest BCUT2D eigenvalue weighted by atomic mass is 9.94. The molecule has 8 rings (SSSR count). The molecule has 0 bridgehead atoms. The Morgan fingerprint density at radius 1 is 0.917 bits per heavy atom. The van der Waals surface area contributed by atoms with Gasteiger partial charge in [-0.1, -0.05) is 12.1 Å². The number of nitrogens with zero attached hydrogens (tertiary/aromatic N) is 9. The number of urea groups is 1. The highest BCUT2D eigenvalue weighted by Crippen LogP contribution is 2.33. The van der Waals surface area contributed by atoms with Gasteiger partial charge in [0, 0.05) is 76.0 Å². The molecule has 4 aliphatic rings. The molecule has 0 unspecified atom stereocenters. The number of hydrogen-bond donors (Lipinski definition) is 1. The van der Waals surface area contributed by atoms with Crippen molar-refractivity contribution in [3.05, 3.63) is 83.4 Å². The van der Waals surface area contributed by atoms with Crippen molar-refractivity contribution < 1.29 is 23.9 Å². The third kappa shape index (κ3) is 9.51. The van der Waals surface area contributed by atoms with Crippen LogP contribution in [0.25, 0.3) is 0 Å². The zero-order valence-electron chi connectivity index (χ0n) is 35.6. The van der Waals surface area contributed by atoms with Crippen molar-refractivity contribution >= 4 is 41.0 Å². The van der Waals surface area contributed by atoms with E-state index in [4.69, 9.17) is 19.6 Å². The summed E-state index contributed by atoms with van der Waals surface area (Å²) < 4.78 is 12.9. The minimum atomic E-state index is -0.545. The second kappa shape index (κ2) is 17.5. The van der Waals surface area contributed by atoms with Crippen LogP contribution < -0.4 is 19.9 Å². The highest BCUT2D eigenvalue weighted by molar-refractivity contribution is 6.06. The Labute approximate surface area is 352 Å². The fourth-order valence-electron chi connectivity index (χ4n) is 8.80. The summed E-state index contributed by atoms with van der Waals surface area (Å²) >= 11 is 0. The van der Waals surface area contributed by atoms with Crippen LogP contribution >= 0.6 is 0 Å². The van der Waals surface area contributed by atoms with Crippen molar-refractivity contribution in [1.82, 2.24) is 34.4 Å². The van der Waals surface area contributed by atoms with Crippen LogP contribution in [-0.2, 0) is 29.0 Å². The van der Waals surface area contributed by atoms with Crippen molar-refractivity contribution in [2.75, 3.05) is 68.0 Å². The molecule has 1 N–H and O–H groups in total. The van der Waals surface area contributed by atoms with Gasteiger partial charge in [0.1, 0.15) is 11.4 Å². The molecule has 0 saturated carbocycles. The maximum Gasteiger partial charge on any atom is 0.410 e. The molecule has 4 amide bonds. The van der Waals surface area contributed by atoms with Gasteiger partial charge in [-0.05, 0) is 113 Å². The first-order chi connectivity index (χ1) is 28.9. The number of fused-ring (bicyclic) bond motifs is 1. The Morgan fingerprint density at radius 2 is 1.68 bits per heavy atom. The highest BCUT2D eigenvalue weighted by atomic mass is 16.6. The zero-order chi connectivity index (χ0) is 42.0. The van der Waals surface area contributed by atoms with Gasteiger partial charge in [0.25, 0.3) is 0 Å². The largest absolute Gasteiger partial charge is 0.497 e. The standard InChI is InChI=1S/C45H58N10O5/c1-31-24-37(8-11-40(31)53-23-17-41(56)54(43(53)57)28-32-6-9-38(59-5)10-7-32)51-20-12-33(13-21-51)27-50-18-15-36(16-19-50)55-29-35(26-47-55)48-42-46-25-34-14-22-52(30-39(34)49-42)44(58)60-45(2,3)4/h6-11,24-26,29,33,36H,12-23,27-28,30H2,1-5H3,(H,46,48,49). The number of methoxy groups -OCH3 is 1. The Balaban J connectivity index is 0.783. The summed E-state index contributed by atoms with van der Waals surface area (Å²) in [7, 11) is 1.62. The van der Waals surface area contributed by atoms with Crippen LogP contribution in [0.2, 0.25) is 0 Å². The quantitative estimate of drug-likeness (QED) is 0.178. The molecular weight excluding hydrogens is 761 g/mol. The number of imide groups is 1. The Bertz CT molecular complexity index is 2170. The summed E-state index contributed by atoms with van der Waals surface area (Å²) in [6.07, 6.45) is 10.8. The number of carbonyl (C=O) groups is 3. The predicted octanol–water partition coefficient (Wildman–Crippen LogP) is 6.94. The van der Waals surface area contributed by atoms with Crippen LogP contribution in [0, 0.1) is 12.8 Å². The molecular formula is C45H58N10O5. The minimum Gasteiger partial charge on any atom is -0.497 e. The average Bonchev–Trinajstić information content (AvgIpc) is 3.71. The molecule has 4 aromatic rings. The van der Waals surface area contributed by atoms with E-state index in [1.165, 1.54) is 10.6 Å². The number of benzene rings is 2. The number of carbonyl (C=O) groups excluding carboxylic acids is 3. The van der Waals surface area contributed by atoms with Crippen molar-refractivity contribution in [3.63, 3.8) is 0 Å². The van der Waals surface area contributed by atoms with E-state index in [2.05, 4.69) is 43.8 Å². The molecule has 15 nitrogen and oxygen atoms in total. The number of aromatic nitrogens is 4. The lowest BCUT2D eigenvalue weighted by Gasteiger charge is -2.39. The maximum absolute atomic E-state index is 13.6. The van der Waals surface area contributed by atoms with E-state index in [0.717, 1.165) is 97.9 Å². The average molecular weight is 819 g/mol.